The van der Waals surface area contributed by atoms with E-state index in [1.807, 2.05) is 19.9 Å². The van der Waals surface area contributed by atoms with Crippen LogP contribution in [-0.2, 0) is 17.8 Å². The third-order valence-corrected chi connectivity index (χ3v) is 6.82. The number of pyridine rings is 1. The molecule has 1 atom stereocenters. The molecule has 0 aliphatic carbocycles. The molecule has 0 unspecified atom stereocenters. The molecule has 1 amide bonds. The summed E-state index contributed by atoms with van der Waals surface area (Å²) in [5.41, 5.74) is 4.19. The number of hydrogen-bond donors (Lipinski definition) is 1. The van der Waals surface area contributed by atoms with Crippen molar-refractivity contribution in [1.29, 1.82) is 0 Å². The maximum absolute atomic E-state index is 13.3. The van der Waals surface area contributed by atoms with Gasteiger partial charge in [-0.2, -0.15) is 0 Å². The molecule has 0 saturated carbocycles. The highest BCUT2D eigenvalue weighted by molar-refractivity contribution is 7.13. The molecule has 1 aromatic carbocycles. The Bertz CT molecular complexity index is 1000. The number of hydrogen-bond acceptors (Lipinski definition) is 4. The zero-order valence-corrected chi connectivity index (χ0v) is 18.5. The normalized spacial score (nSPS) is 19.1. The Kier molecular flexibility index (Phi) is 6.30. The second-order valence-electron chi connectivity index (χ2n) is 8.18. The lowest BCUT2D eigenvalue weighted by molar-refractivity contribution is -0.130. The van der Waals surface area contributed by atoms with Gasteiger partial charge in [0, 0.05) is 30.2 Å². The van der Waals surface area contributed by atoms with Gasteiger partial charge in [-0.1, -0.05) is 36.4 Å². The molecule has 1 aliphatic rings. The molecule has 0 radical (unpaired) electrons. The summed E-state index contributed by atoms with van der Waals surface area (Å²) in [5.74, 6) is 0.172. The van der Waals surface area contributed by atoms with Gasteiger partial charge in [-0.15, -0.1) is 11.3 Å². The van der Waals surface area contributed by atoms with Crippen LogP contribution in [0.5, 0.6) is 0 Å². The van der Waals surface area contributed by atoms with Gasteiger partial charge in [0.05, 0.1) is 11.1 Å². The van der Waals surface area contributed by atoms with Crippen LogP contribution in [0, 0.1) is 12.3 Å². The number of thiophene rings is 1. The van der Waals surface area contributed by atoms with Crippen molar-refractivity contribution in [3.05, 3.63) is 76.9 Å². The summed E-state index contributed by atoms with van der Waals surface area (Å²) in [6.07, 6.45) is 1.62. The number of aromatic nitrogens is 1. The molecule has 1 fully saturated rings. The Balaban J connectivity index is 1.60. The Morgan fingerprint density at radius 3 is 2.80 bits per heavy atom. The van der Waals surface area contributed by atoms with Crippen molar-refractivity contribution >= 4 is 17.2 Å². The van der Waals surface area contributed by atoms with Crippen molar-refractivity contribution in [2.75, 3.05) is 19.6 Å². The van der Waals surface area contributed by atoms with Gasteiger partial charge in [-0.05, 0) is 67.9 Å². The summed E-state index contributed by atoms with van der Waals surface area (Å²) < 4.78 is 0. The zero-order chi connectivity index (χ0) is 21.0. The van der Waals surface area contributed by atoms with E-state index in [-0.39, 0.29) is 5.91 Å². The van der Waals surface area contributed by atoms with E-state index in [2.05, 4.69) is 69.1 Å². The lowest BCUT2D eigenvalue weighted by atomic mass is 9.78. The van der Waals surface area contributed by atoms with Gasteiger partial charge in [0.2, 0.25) is 5.91 Å². The fourth-order valence-corrected chi connectivity index (χ4v) is 5.27. The lowest BCUT2D eigenvalue weighted by Crippen LogP contribution is -2.44. The summed E-state index contributed by atoms with van der Waals surface area (Å²) in [6.45, 7) is 7.13. The predicted molar refractivity (Wildman–Crippen MR) is 123 cm³/mol. The van der Waals surface area contributed by atoms with Crippen molar-refractivity contribution in [2.24, 2.45) is 5.41 Å². The molecule has 2 aromatic heterocycles. The van der Waals surface area contributed by atoms with E-state index < -0.39 is 5.41 Å². The van der Waals surface area contributed by atoms with Gasteiger partial charge in [-0.3, -0.25) is 14.7 Å². The van der Waals surface area contributed by atoms with Gasteiger partial charge in [0.1, 0.15) is 0 Å². The zero-order valence-electron chi connectivity index (χ0n) is 17.7. The van der Waals surface area contributed by atoms with E-state index in [9.17, 15) is 4.79 Å². The molecule has 5 heteroatoms. The fraction of sp³-hybridized carbons (Fsp3) is 0.360. The molecular formula is C25H29N3OS. The number of nitrogens with one attached hydrogen (secondary N) is 1. The standard InChI is InChI=1S/C25H29N3OS/c1-3-26-24(29)25(13-14-28(18-25)17-21-10-6-8-19(2)27-21)16-20-9-4-5-11-22(20)23-12-7-15-30-23/h4-12,15H,3,13-14,16-18H2,1-2H3,(H,26,29)/t25-/m1/s1. The first-order valence-corrected chi connectivity index (χ1v) is 11.5. The quantitative estimate of drug-likeness (QED) is 0.604. The Labute approximate surface area is 183 Å². The average molecular weight is 420 g/mol. The molecule has 1 saturated heterocycles. The SMILES string of the molecule is CCNC(=O)[C@@]1(Cc2ccccc2-c2cccs2)CCN(Cc2cccc(C)n2)C1. The van der Waals surface area contributed by atoms with Crippen LogP contribution in [0.25, 0.3) is 10.4 Å². The maximum Gasteiger partial charge on any atom is 0.227 e. The van der Waals surface area contributed by atoms with Crippen molar-refractivity contribution < 1.29 is 4.79 Å². The van der Waals surface area contributed by atoms with Crippen molar-refractivity contribution in [3.63, 3.8) is 0 Å². The molecule has 1 aliphatic heterocycles. The Morgan fingerprint density at radius 1 is 1.17 bits per heavy atom. The van der Waals surface area contributed by atoms with Crippen LogP contribution in [0.1, 0.15) is 30.3 Å². The number of carbonyl (C=O) groups is 1. The summed E-state index contributed by atoms with van der Waals surface area (Å²) in [4.78, 5) is 21.6. The van der Waals surface area contributed by atoms with Crippen LogP contribution in [0.3, 0.4) is 0 Å². The molecule has 4 nitrogen and oxygen atoms in total. The van der Waals surface area contributed by atoms with Crippen LogP contribution in [0.4, 0.5) is 0 Å². The van der Waals surface area contributed by atoms with E-state index >= 15 is 0 Å². The highest BCUT2D eigenvalue weighted by Gasteiger charge is 2.44. The van der Waals surface area contributed by atoms with Gasteiger partial charge < -0.3 is 5.32 Å². The molecule has 3 heterocycles. The average Bonchev–Trinajstić information content (AvgIpc) is 3.40. The second-order valence-corrected chi connectivity index (χ2v) is 9.13. The van der Waals surface area contributed by atoms with Crippen molar-refractivity contribution in [1.82, 2.24) is 15.2 Å². The minimum Gasteiger partial charge on any atom is -0.356 e. The Morgan fingerprint density at radius 2 is 2.03 bits per heavy atom. The molecule has 156 valence electrons. The molecule has 30 heavy (non-hydrogen) atoms. The minimum atomic E-state index is -0.410. The molecule has 0 spiro atoms. The largest absolute Gasteiger partial charge is 0.356 e. The number of benzene rings is 1. The first-order chi connectivity index (χ1) is 14.6. The van der Waals surface area contributed by atoms with Crippen LogP contribution in [0.15, 0.2) is 60.0 Å². The summed E-state index contributed by atoms with van der Waals surface area (Å²) >= 11 is 1.75. The highest BCUT2D eigenvalue weighted by atomic mass is 32.1. The first-order valence-electron chi connectivity index (χ1n) is 10.6. The molecule has 4 rings (SSSR count). The predicted octanol–water partition coefficient (Wildman–Crippen LogP) is 4.69. The third-order valence-electron chi connectivity index (χ3n) is 5.92. The van der Waals surface area contributed by atoms with Gasteiger partial charge in [-0.25, -0.2) is 0 Å². The first kappa shape index (κ1) is 20.8. The molecule has 0 bridgehead atoms. The summed E-state index contributed by atoms with van der Waals surface area (Å²) in [7, 11) is 0. The van der Waals surface area contributed by atoms with E-state index in [0.717, 1.165) is 43.9 Å². The molecule has 1 N–H and O–H groups in total. The van der Waals surface area contributed by atoms with Crippen LogP contribution >= 0.6 is 11.3 Å². The van der Waals surface area contributed by atoms with E-state index in [0.29, 0.717) is 6.54 Å². The third kappa shape index (κ3) is 4.47. The van der Waals surface area contributed by atoms with Gasteiger partial charge in [0.25, 0.3) is 0 Å². The number of carbonyl (C=O) groups excluding carboxylic acids is 1. The second kappa shape index (κ2) is 9.11. The molecular weight excluding hydrogens is 390 g/mol. The number of likely N-dealkylation sites (tertiary alicyclic amines) is 1. The van der Waals surface area contributed by atoms with E-state index in [1.54, 1.807) is 11.3 Å². The van der Waals surface area contributed by atoms with Crippen molar-refractivity contribution in [3.8, 4) is 10.4 Å². The minimum absolute atomic E-state index is 0.172. The fourth-order valence-electron chi connectivity index (χ4n) is 4.48. The number of nitrogens with zero attached hydrogens (tertiary/aromatic N) is 2. The van der Waals surface area contributed by atoms with Gasteiger partial charge >= 0.3 is 0 Å². The van der Waals surface area contributed by atoms with Crippen molar-refractivity contribution in [2.45, 2.75) is 33.2 Å². The van der Waals surface area contributed by atoms with Crippen LogP contribution in [0.2, 0.25) is 0 Å². The smallest absolute Gasteiger partial charge is 0.227 e. The maximum atomic E-state index is 13.3. The van der Waals surface area contributed by atoms with E-state index in [1.165, 1.54) is 16.0 Å². The monoisotopic (exact) mass is 419 g/mol. The lowest BCUT2D eigenvalue weighted by Gasteiger charge is -2.29. The Hall–Kier alpha value is -2.50. The van der Waals surface area contributed by atoms with E-state index in [4.69, 9.17) is 0 Å². The number of amides is 1. The summed E-state index contributed by atoms with van der Waals surface area (Å²) in [5, 5.41) is 5.23. The summed E-state index contributed by atoms with van der Waals surface area (Å²) in [6, 6.07) is 18.9. The highest BCUT2D eigenvalue weighted by Crippen LogP contribution is 2.38. The number of aryl methyl sites for hydroxylation is 1. The van der Waals surface area contributed by atoms with Crippen LogP contribution in [-0.4, -0.2) is 35.4 Å². The number of rotatable bonds is 7. The molecule has 3 aromatic rings. The topological polar surface area (TPSA) is 45.2 Å². The van der Waals surface area contributed by atoms with Gasteiger partial charge in [0.15, 0.2) is 0 Å². The van der Waals surface area contributed by atoms with Crippen LogP contribution < -0.4 is 5.32 Å².